The average molecular weight is 288 g/mol. The lowest BCUT2D eigenvalue weighted by Gasteiger charge is -2.28. The first-order valence-electron chi connectivity index (χ1n) is 7.48. The molecule has 0 bridgehead atoms. The average Bonchev–Trinajstić information content (AvgIpc) is 3.32. The highest BCUT2D eigenvalue weighted by Crippen LogP contribution is 2.35. The van der Waals surface area contributed by atoms with Crippen LogP contribution in [-0.2, 0) is 9.59 Å². The van der Waals surface area contributed by atoms with Crippen LogP contribution < -0.4 is 15.0 Å². The van der Waals surface area contributed by atoms with Gasteiger partial charge in [-0.25, -0.2) is 0 Å². The van der Waals surface area contributed by atoms with E-state index in [1.165, 1.54) is 0 Å². The van der Waals surface area contributed by atoms with Crippen LogP contribution in [0.4, 0.5) is 11.4 Å². The summed E-state index contributed by atoms with van der Waals surface area (Å²) in [6.45, 7) is 0.725. The molecular weight excluding hydrogens is 268 g/mol. The van der Waals surface area contributed by atoms with Crippen LogP contribution in [0.2, 0.25) is 0 Å². The van der Waals surface area contributed by atoms with Gasteiger partial charge in [0.2, 0.25) is 11.8 Å². The molecule has 0 unspecified atom stereocenters. The van der Waals surface area contributed by atoms with Gasteiger partial charge >= 0.3 is 0 Å². The molecule has 0 radical (unpaired) electrons. The summed E-state index contributed by atoms with van der Waals surface area (Å²) in [5.74, 6) is 0.992. The van der Waals surface area contributed by atoms with Crippen LogP contribution in [0.3, 0.4) is 0 Å². The Bertz CT molecular complexity index is 567. The molecule has 3 rings (SSSR count). The van der Waals surface area contributed by atoms with Crippen molar-refractivity contribution in [1.82, 2.24) is 0 Å². The lowest BCUT2D eigenvalue weighted by Crippen LogP contribution is -2.35. The molecule has 2 amide bonds. The molecule has 5 heteroatoms. The van der Waals surface area contributed by atoms with E-state index in [-0.39, 0.29) is 17.7 Å². The normalized spacial score (nSPS) is 18.5. The third-order valence-electron chi connectivity index (χ3n) is 4.01. The zero-order valence-electron chi connectivity index (χ0n) is 12.2. The fourth-order valence-electron chi connectivity index (χ4n) is 2.63. The number of piperidine rings is 1. The van der Waals surface area contributed by atoms with Gasteiger partial charge in [0.15, 0.2) is 0 Å². The number of rotatable bonds is 4. The topological polar surface area (TPSA) is 58.6 Å². The van der Waals surface area contributed by atoms with Crippen molar-refractivity contribution in [1.29, 1.82) is 0 Å². The minimum absolute atomic E-state index is 0.0684. The van der Waals surface area contributed by atoms with Crippen molar-refractivity contribution in [2.75, 3.05) is 23.9 Å². The number of nitrogens with zero attached hydrogens (tertiary/aromatic N) is 1. The summed E-state index contributed by atoms with van der Waals surface area (Å²) in [7, 11) is 1.58. The molecule has 112 valence electrons. The fraction of sp³-hybridized carbons (Fsp3) is 0.500. The molecule has 1 heterocycles. The second-order valence-corrected chi connectivity index (χ2v) is 5.65. The molecule has 0 spiro atoms. The number of anilines is 2. The smallest absolute Gasteiger partial charge is 0.227 e. The predicted octanol–water partition coefficient (Wildman–Crippen LogP) is 2.56. The van der Waals surface area contributed by atoms with E-state index >= 15 is 0 Å². The monoisotopic (exact) mass is 288 g/mol. The Balaban J connectivity index is 1.80. The molecule has 5 nitrogen and oxygen atoms in total. The molecule has 1 aliphatic carbocycles. The predicted molar refractivity (Wildman–Crippen MR) is 80.6 cm³/mol. The maximum atomic E-state index is 12.0. The zero-order valence-corrected chi connectivity index (χ0v) is 12.2. The van der Waals surface area contributed by atoms with Gasteiger partial charge in [-0.2, -0.15) is 0 Å². The Morgan fingerprint density at radius 1 is 1.33 bits per heavy atom. The van der Waals surface area contributed by atoms with Crippen LogP contribution in [0.5, 0.6) is 5.75 Å². The summed E-state index contributed by atoms with van der Waals surface area (Å²) < 4.78 is 5.40. The summed E-state index contributed by atoms with van der Waals surface area (Å²) in [5.41, 5.74) is 1.50. The molecule has 0 aromatic heterocycles. The third kappa shape index (κ3) is 3.01. The summed E-state index contributed by atoms with van der Waals surface area (Å²) >= 11 is 0. The van der Waals surface area contributed by atoms with E-state index in [1.54, 1.807) is 18.1 Å². The van der Waals surface area contributed by atoms with Crippen molar-refractivity contribution in [2.24, 2.45) is 5.92 Å². The van der Waals surface area contributed by atoms with E-state index in [1.807, 2.05) is 12.1 Å². The SMILES string of the molecule is COc1cc(NC(=O)C2CC2)ccc1N1CCCCC1=O. The number of amides is 2. The van der Waals surface area contributed by atoms with Gasteiger partial charge in [0, 0.05) is 30.6 Å². The Labute approximate surface area is 124 Å². The molecule has 2 fully saturated rings. The van der Waals surface area contributed by atoms with E-state index in [9.17, 15) is 9.59 Å². The second-order valence-electron chi connectivity index (χ2n) is 5.65. The van der Waals surface area contributed by atoms with E-state index in [0.717, 1.165) is 43.6 Å². The van der Waals surface area contributed by atoms with Crippen molar-refractivity contribution in [3.63, 3.8) is 0 Å². The first-order chi connectivity index (χ1) is 10.2. The first-order valence-corrected chi connectivity index (χ1v) is 7.48. The highest BCUT2D eigenvalue weighted by Gasteiger charge is 2.30. The van der Waals surface area contributed by atoms with E-state index < -0.39 is 0 Å². The van der Waals surface area contributed by atoms with Gasteiger partial charge in [0.25, 0.3) is 0 Å². The third-order valence-corrected chi connectivity index (χ3v) is 4.01. The number of carbonyl (C=O) groups is 2. The lowest BCUT2D eigenvalue weighted by molar-refractivity contribution is -0.119. The molecule has 1 aromatic carbocycles. The molecule has 0 atom stereocenters. The number of methoxy groups -OCH3 is 1. The van der Waals surface area contributed by atoms with E-state index in [0.29, 0.717) is 12.2 Å². The van der Waals surface area contributed by atoms with Gasteiger partial charge < -0.3 is 15.0 Å². The summed E-state index contributed by atoms with van der Waals surface area (Å²) in [6, 6.07) is 5.47. The quantitative estimate of drug-likeness (QED) is 0.926. The summed E-state index contributed by atoms with van der Waals surface area (Å²) in [4.78, 5) is 25.6. The van der Waals surface area contributed by atoms with Crippen LogP contribution in [0.15, 0.2) is 18.2 Å². The van der Waals surface area contributed by atoms with Crippen LogP contribution >= 0.6 is 0 Å². The number of nitrogens with one attached hydrogen (secondary N) is 1. The molecule has 2 aliphatic rings. The van der Waals surface area contributed by atoms with Gasteiger partial charge in [-0.1, -0.05) is 0 Å². The number of hydrogen-bond acceptors (Lipinski definition) is 3. The van der Waals surface area contributed by atoms with Crippen molar-refractivity contribution in [3.8, 4) is 5.75 Å². The van der Waals surface area contributed by atoms with E-state index in [2.05, 4.69) is 5.32 Å². The largest absolute Gasteiger partial charge is 0.494 e. The maximum absolute atomic E-state index is 12.0. The van der Waals surface area contributed by atoms with Crippen molar-refractivity contribution in [3.05, 3.63) is 18.2 Å². The van der Waals surface area contributed by atoms with Crippen LogP contribution in [0, 0.1) is 5.92 Å². The highest BCUT2D eigenvalue weighted by atomic mass is 16.5. The summed E-state index contributed by atoms with van der Waals surface area (Å²) in [6.07, 6.45) is 4.50. The van der Waals surface area contributed by atoms with Gasteiger partial charge in [0.1, 0.15) is 5.75 Å². The standard InChI is InChI=1S/C16H20N2O3/c1-21-14-10-12(17-16(20)11-5-6-11)7-8-13(14)18-9-3-2-4-15(18)19/h7-8,10-11H,2-6,9H2,1H3,(H,17,20). The van der Waals surface area contributed by atoms with Crippen molar-refractivity contribution < 1.29 is 14.3 Å². The Morgan fingerprint density at radius 3 is 2.81 bits per heavy atom. The molecule has 1 saturated heterocycles. The summed E-state index contributed by atoms with van der Waals surface area (Å²) in [5, 5.41) is 2.90. The number of benzene rings is 1. The Hall–Kier alpha value is -2.04. The second kappa shape index (κ2) is 5.76. The van der Waals surface area contributed by atoms with Crippen molar-refractivity contribution in [2.45, 2.75) is 32.1 Å². The fourth-order valence-corrected chi connectivity index (χ4v) is 2.63. The zero-order chi connectivity index (χ0) is 14.8. The Morgan fingerprint density at radius 2 is 2.14 bits per heavy atom. The van der Waals surface area contributed by atoms with Gasteiger partial charge in [-0.3, -0.25) is 9.59 Å². The van der Waals surface area contributed by atoms with Gasteiger partial charge in [0.05, 0.1) is 12.8 Å². The molecule has 21 heavy (non-hydrogen) atoms. The van der Waals surface area contributed by atoms with Crippen molar-refractivity contribution >= 4 is 23.2 Å². The number of hydrogen-bond donors (Lipinski definition) is 1. The van der Waals surface area contributed by atoms with E-state index in [4.69, 9.17) is 4.74 Å². The molecular formula is C16H20N2O3. The number of carbonyl (C=O) groups excluding carboxylic acids is 2. The molecule has 1 saturated carbocycles. The minimum Gasteiger partial charge on any atom is -0.494 e. The van der Waals surface area contributed by atoms with Gasteiger partial charge in [-0.15, -0.1) is 0 Å². The van der Waals surface area contributed by atoms with Crippen LogP contribution in [0.1, 0.15) is 32.1 Å². The Kier molecular flexibility index (Phi) is 3.82. The number of ether oxygens (including phenoxy) is 1. The maximum Gasteiger partial charge on any atom is 0.227 e. The molecule has 1 N–H and O–H groups in total. The molecule has 1 aromatic rings. The van der Waals surface area contributed by atoms with Crippen LogP contribution in [0.25, 0.3) is 0 Å². The molecule has 1 aliphatic heterocycles. The first kappa shape index (κ1) is 13.9. The lowest BCUT2D eigenvalue weighted by atomic mass is 10.1. The highest BCUT2D eigenvalue weighted by molar-refractivity contribution is 5.97. The minimum atomic E-state index is 0.0684. The van der Waals surface area contributed by atoms with Gasteiger partial charge in [-0.05, 0) is 37.8 Å². The van der Waals surface area contributed by atoms with Crippen LogP contribution in [-0.4, -0.2) is 25.5 Å².